The van der Waals surface area contributed by atoms with Crippen LogP contribution < -0.4 is 5.32 Å². The van der Waals surface area contributed by atoms with E-state index in [2.05, 4.69) is 38.9 Å². The minimum Gasteiger partial charge on any atom is -0.359 e. The number of amides is 1. The number of rotatable bonds is 5. The van der Waals surface area contributed by atoms with E-state index in [1.807, 2.05) is 11.8 Å². The van der Waals surface area contributed by atoms with E-state index >= 15 is 0 Å². The zero-order valence-corrected chi connectivity index (χ0v) is 17.6. The minimum atomic E-state index is -0.333. The van der Waals surface area contributed by atoms with Gasteiger partial charge in [0.25, 0.3) is 0 Å². The fourth-order valence-electron chi connectivity index (χ4n) is 3.11. The Labute approximate surface area is 174 Å². The van der Waals surface area contributed by atoms with Gasteiger partial charge in [0, 0.05) is 42.5 Å². The van der Waals surface area contributed by atoms with Crippen LogP contribution in [0.15, 0.2) is 40.1 Å². The number of hydrogen-bond acceptors (Lipinski definition) is 4. The molecule has 1 aliphatic rings. The van der Waals surface area contributed by atoms with Crippen molar-refractivity contribution < 1.29 is 9.18 Å². The highest BCUT2D eigenvalue weighted by Crippen LogP contribution is 2.27. The zero-order chi connectivity index (χ0) is 21.4. The number of H-pyrrole nitrogens is 1. The van der Waals surface area contributed by atoms with Gasteiger partial charge in [0.05, 0.1) is 5.02 Å². The molecule has 9 heteroatoms. The van der Waals surface area contributed by atoms with Gasteiger partial charge in [-0.2, -0.15) is 0 Å². The Kier molecular flexibility index (Phi) is 8.33. The molecule has 7 nitrogen and oxygen atoms in total. The highest BCUT2D eigenvalue weighted by Gasteiger charge is 2.25. The Bertz CT molecular complexity index is 919. The molecule has 1 amide bonds. The number of hydrogen-bond donors (Lipinski definition) is 2. The number of halogens is 2. The van der Waals surface area contributed by atoms with Crippen molar-refractivity contribution in [2.45, 2.75) is 39.7 Å². The number of carbonyl (C=O) groups is 1. The van der Waals surface area contributed by atoms with Gasteiger partial charge >= 0.3 is 0 Å². The standard InChI is InChI=1S/C17H19ClFN5.C3H7NO/c1-10-5-4-6-24(10)17(11(2)19)23-15(20-3)14-9-22-16-13(14)7-12(18)8-21-16;1-2-4-3-5/h7-10H,3-6H2,1-2H3,(H,21,22);3H,2H2,1H3,(H,4,5)/b17-11-,23-15-;. The Morgan fingerprint density at radius 1 is 1.59 bits per heavy atom. The molecule has 2 aromatic heterocycles. The number of allylic oxidation sites excluding steroid dienone is 1. The molecule has 3 heterocycles. The summed E-state index contributed by atoms with van der Waals surface area (Å²) in [5.74, 6) is 0.323. The molecule has 1 unspecified atom stereocenters. The molecule has 1 atom stereocenters. The summed E-state index contributed by atoms with van der Waals surface area (Å²) in [5, 5.41) is 3.72. The van der Waals surface area contributed by atoms with Crippen molar-refractivity contribution >= 4 is 41.6 Å². The second kappa shape index (κ2) is 10.7. The average Bonchev–Trinajstić information content (AvgIpc) is 3.30. The third kappa shape index (κ3) is 5.63. The van der Waals surface area contributed by atoms with Crippen LogP contribution in [0.4, 0.5) is 4.39 Å². The van der Waals surface area contributed by atoms with Crippen LogP contribution in [-0.4, -0.2) is 53.0 Å². The largest absolute Gasteiger partial charge is 0.359 e. The van der Waals surface area contributed by atoms with E-state index in [1.165, 1.54) is 6.92 Å². The molecule has 1 saturated heterocycles. The number of nitrogens with zero attached hydrogens (tertiary/aromatic N) is 4. The molecule has 156 valence electrons. The first-order valence-electron chi connectivity index (χ1n) is 9.41. The molecule has 0 saturated carbocycles. The third-order valence-electron chi connectivity index (χ3n) is 4.52. The van der Waals surface area contributed by atoms with E-state index < -0.39 is 0 Å². The summed E-state index contributed by atoms with van der Waals surface area (Å²) in [4.78, 5) is 27.0. The van der Waals surface area contributed by atoms with Crippen LogP contribution in [0.1, 0.15) is 39.2 Å². The maximum absolute atomic E-state index is 14.1. The number of pyridine rings is 1. The zero-order valence-electron chi connectivity index (χ0n) is 16.9. The molecule has 0 radical (unpaired) electrons. The van der Waals surface area contributed by atoms with Crippen LogP contribution in [0, 0.1) is 0 Å². The molecular weight excluding hydrogens is 395 g/mol. The Balaban J connectivity index is 0.000000537. The van der Waals surface area contributed by atoms with Gasteiger partial charge in [-0.05, 0) is 46.4 Å². The number of aromatic amines is 1. The van der Waals surface area contributed by atoms with Crippen LogP contribution in [0.5, 0.6) is 0 Å². The summed E-state index contributed by atoms with van der Waals surface area (Å²) in [7, 11) is 0. The fourth-order valence-corrected chi connectivity index (χ4v) is 3.27. The minimum absolute atomic E-state index is 0.250. The third-order valence-corrected chi connectivity index (χ3v) is 4.73. The summed E-state index contributed by atoms with van der Waals surface area (Å²) >= 11 is 6.03. The first-order chi connectivity index (χ1) is 13.9. The van der Waals surface area contributed by atoms with Gasteiger partial charge in [-0.25, -0.2) is 19.4 Å². The summed E-state index contributed by atoms with van der Waals surface area (Å²) in [6.45, 7) is 10.5. The van der Waals surface area contributed by atoms with E-state index in [9.17, 15) is 9.18 Å². The lowest BCUT2D eigenvalue weighted by molar-refractivity contribution is -0.109. The number of fused-ring (bicyclic) bond motifs is 1. The predicted molar refractivity (Wildman–Crippen MR) is 116 cm³/mol. The van der Waals surface area contributed by atoms with Gasteiger partial charge in [-0.3, -0.25) is 4.79 Å². The van der Waals surface area contributed by atoms with Crippen molar-refractivity contribution in [3.63, 3.8) is 0 Å². The van der Waals surface area contributed by atoms with Gasteiger partial charge in [0.2, 0.25) is 6.41 Å². The van der Waals surface area contributed by atoms with Crippen LogP contribution in [0.25, 0.3) is 11.0 Å². The molecule has 1 fully saturated rings. The number of amidine groups is 1. The lowest BCUT2D eigenvalue weighted by atomic mass is 10.2. The first-order valence-corrected chi connectivity index (χ1v) is 9.79. The van der Waals surface area contributed by atoms with E-state index in [0.29, 0.717) is 34.3 Å². The van der Waals surface area contributed by atoms with Crippen molar-refractivity contribution in [1.82, 2.24) is 20.2 Å². The van der Waals surface area contributed by atoms with Crippen molar-refractivity contribution in [2.75, 3.05) is 13.1 Å². The van der Waals surface area contributed by atoms with E-state index in [4.69, 9.17) is 11.6 Å². The molecule has 0 bridgehead atoms. The van der Waals surface area contributed by atoms with E-state index in [-0.39, 0.29) is 11.9 Å². The number of likely N-dealkylation sites (tertiary alicyclic amines) is 1. The first kappa shape index (κ1) is 22.5. The second-order valence-corrected chi connectivity index (χ2v) is 7.00. The van der Waals surface area contributed by atoms with E-state index in [1.54, 1.807) is 18.5 Å². The highest BCUT2D eigenvalue weighted by atomic mass is 35.5. The maximum Gasteiger partial charge on any atom is 0.207 e. The smallest absolute Gasteiger partial charge is 0.207 e. The molecule has 2 aromatic rings. The predicted octanol–water partition coefficient (Wildman–Crippen LogP) is 4.06. The highest BCUT2D eigenvalue weighted by molar-refractivity contribution is 6.31. The van der Waals surface area contributed by atoms with Gasteiger partial charge in [0.1, 0.15) is 11.5 Å². The van der Waals surface area contributed by atoms with Gasteiger partial charge in [-0.1, -0.05) is 11.6 Å². The lowest BCUT2D eigenvalue weighted by Gasteiger charge is -2.24. The molecule has 0 aliphatic carbocycles. The normalized spacial score (nSPS) is 17.5. The van der Waals surface area contributed by atoms with Crippen LogP contribution >= 0.6 is 11.6 Å². The summed E-state index contributed by atoms with van der Waals surface area (Å²) < 4.78 is 14.1. The monoisotopic (exact) mass is 420 g/mol. The maximum atomic E-state index is 14.1. The van der Waals surface area contributed by atoms with Crippen molar-refractivity contribution in [1.29, 1.82) is 0 Å². The number of nitrogens with one attached hydrogen (secondary N) is 2. The Morgan fingerprint density at radius 2 is 2.34 bits per heavy atom. The average molecular weight is 421 g/mol. The molecule has 29 heavy (non-hydrogen) atoms. The molecule has 2 N–H and O–H groups in total. The fraction of sp³-hybridized carbons (Fsp3) is 0.400. The van der Waals surface area contributed by atoms with Crippen LogP contribution in [-0.2, 0) is 4.79 Å². The van der Waals surface area contributed by atoms with Crippen molar-refractivity contribution in [2.24, 2.45) is 9.98 Å². The topological polar surface area (TPSA) is 85.7 Å². The molecular formula is C20H26ClFN6O. The van der Waals surface area contributed by atoms with Crippen LogP contribution in [0.3, 0.4) is 0 Å². The Morgan fingerprint density at radius 3 is 2.86 bits per heavy atom. The lowest BCUT2D eigenvalue weighted by Crippen LogP contribution is -2.26. The number of carbonyl (C=O) groups excluding carboxylic acids is 1. The van der Waals surface area contributed by atoms with Crippen molar-refractivity contribution in [3.05, 3.63) is 40.7 Å². The SMILES string of the molecule is C=N/C(=N\C(=C(/C)F)N1CCCC1C)c1c[nH]c2ncc(Cl)cc12.CCNC=O. The molecule has 3 rings (SSSR count). The quantitative estimate of drug-likeness (QED) is 0.434. The van der Waals surface area contributed by atoms with E-state index in [0.717, 1.165) is 31.3 Å². The van der Waals surface area contributed by atoms with Crippen molar-refractivity contribution in [3.8, 4) is 0 Å². The number of aromatic nitrogens is 2. The van der Waals surface area contributed by atoms with Crippen LogP contribution in [0.2, 0.25) is 5.02 Å². The second-order valence-electron chi connectivity index (χ2n) is 6.56. The molecule has 0 aromatic carbocycles. The summed E-state index contributed by atoms with van der Waals surface area (Å²) in [5.41, 5.74) is 1.36. The number of aliphatic imine (C=N–C) groups is 2. The Hall–Kier alpha value is -2.74. The van der Waals surface area contributed by atoms with Gasteiger partial charge in [-0.15, -0.1) is 0 Å². The van der Waals surface area contributed by atoms with Gasteiger partial charge in [0.15, 0.2) is 11.7 Å². The van der Waals surface area contributed by atoms with Gasteiger partial charge < -0.3 is 15.2 Å². The summed E-state index contributed by atoms with van der Waals surface area (Å²) in [6, 6.07) is 2.03. The summed E-state index contributed by atoms with van der Waals surface area (Å²) in [6.07, 6.45) is 6.03. The molecule has 1 aliphatic heterocycles. The molecule has 0 spiro atoms.